The number of fused-ring (bicyclic) bond motifs is 1. The van der Waals surface area contributed by atoms with Gasteiger partial charge in [0.1, 0.15) is 0 Å². The number of hydrogen-bond donors (Lipinski definition) is 2. The molecule has 1 aromatic carbocycles. The van der Waals surface area contributed by atoms with Crippen LogP contribution in [0.4, 0.5) is 18.3 Å². The van der Waals surface area contributed by atoms with E-state index in [9.17, 15) is 13.2 Å². The molecule has 2 N–H and O–H groups in total. The molecule has 116 valence electrons. The number of aromatic nitrogens is 1. The molecular weight excluding hydrogens is 323 g/mol. The van der Waals surface area contributed by atoms with Crippen molar-refractivity contribution in [2.45, 2.75) is 25.1 Å². The fourth-order valence-corrected chi connectivity index (χ4v) is 3.29. The summed E-state index contributed by atoms with van der Waals surface area (Å²) in [6.07, 6.45) is -2.30. The second-order valence-corrected chi connectivity index (χ2v) is 5.90. The molecule has 8 heteroatoms. The SMILES string of the molecule is Cl.FC(F)(F)c1ccc2nc(NC3CCNCC3)sc2c1. The zero-order valence-corrected chi connectivity index (χ0v) is 12.7. The largest absolute Gasteiger partial charge is 0.416 e. The molecule has 1 aromatic heterocycles. The zero-order chi connectivity index (χ0) is 14.2. The third-order valence-electron chi connectivity index (χ3n) is 3.38. The van der Waals surface area contributed by atoms with Gasteiger partial charge in [-0.25, -0.2) is 4.98 Å². The third kappa shape index (κ3) is 3.78. The first-order valence-electron chi connectivity index (χ1n) is 6.47. The van der Waals surface area contributed by atoms with Crippen LogP contribution in [-0.4, -0.2) is 24.1 Å². The molecule has 0 amide bonds. The Labute approximate surface area is 130 Å². The number of rotatable bonds is 2. The highest BCUT2D eigenvalue weighted by molar-refractivity contribution is 7.22. The van der Waals surface area contributed by atoms with Crippen molar-refractivity contribution in [3.05, 3.63) is 23.8 Å². The predicted molar refractivity (Wildman–Crippen MR) is 81.4 cm³/mol. The van der Waals surface area contributed by atoms with Crippen LogP contribution in [0.3, 0.4) is 0 Å². The zero-order valence-electron chi connectivity index (χ0n) is 11.0. The number of piperidine rings is 1. The lowest BCUT2D eigenvalue weighted by Gasteiger charge is -2.23. The van der Waals surface area contributed by atoms with Gasteiger partial charge in [-0.05, 0) is 44.1 Å². The normalized spacial score (nSPS) is 16.7. The van der Waals surface area contributed by atoms with Gasteiger partial charge in [-0.3, -0.25) is 0 Å². The average Bonchev–Trinajstić information content (AvgIpc) is 2.80. The molecule has 0 radical (unpaired) electrons. The number of thiazole rings is 1. The van der Waals surface area contributed by atoms with Crippen molar-refractivity contribution in [3.8, 4) is 0 Å². The Bertz CT molecular complexity index is 608. The Morgan fingerprint density at radius 2 is 1.95 bits per heavy atom. The van der Waals surface area contributed by atoms with Gasteiger partial charge in [-0.15, -0.1) is 12.4 Å². The molecule has 1 aliphatic heterocycles. The fourth-order valence-electron chi connectivity index (χ4n) is 2.30. The second-order valence-electron chi connectivity index (χ2n) is 4.87. The monoisotopic (exact) mass is 337 g/mol. The number of alkyl halides is 3. The van der Waals surface area contributed by atoms with Crippen molar-refractivity contribution in [3.63, 3.8) is 0 Å². The maximum absolute atomic E-state index is 12.7. The Hall–Kier alpha value is -1.05. The molecule has 0 aliphatic carbocycles. The van der Waals surface area contributed by atoms with Crippen LogP contribution >= 0.6 is 23.7 Å². The average molecular weight is 338 g/mol. The molecule has 1 saturated heterocycles. The number of nitrogens with zero attached hydrogens (tertiary/aromatic N) is 1. The predicted octanol–water partition coefficient (Wildman–Crippen LogP) is 3.90. The van der Waals surface area contributed by atoms with Gasteiger partial charge >= 0.3 is 6.18 Å². The summed E-state index contributed by atoms with van der Waals surface area (Å²) in [7, 11) is 0. The van der Waals surface area contributed by atoms with E-state index in [0.29, 0.717) is 21.4 Å². The highest BCUT2D eigenvalue weighted by atomic mass is 35.5. The molecule has 1 fully saturated rings. The second kappa shape index (κ2) is 6.37. The summed E-state index contributed by atoms with van der Waals surface area (Å²) >= 11 is 1.28. The van der Waals surface area contributed by atoms with Crippen LogP contribution in [0.1, 0.15) is 18.4 Å². The minimum absolute atomic E-state index is 0. The van der Waals surface area contributed by atoms with Gasteiger partial charge in [-0.2, -0.15) is 13.2 Å². The topological polar surface area (TPSA) is 37.0 Å². The number of halogens is 4. The van der Waals surface area contributed by atoms with Crippen molar-refractivity contribution in [1.29, 1.82) is 0 Å². The van der Waals surface area contributed by atoms with E-state index in [1.807, 2.05) is 0 Å². The van der Waals surface area contributed by atoms with Gasteiger partial charge in [0.05, 0.1) is 15.8 Å². The lowest BCUT2D eigenvalue weighted by Crippen LogP contribution is -2.35. The van der Waals surface area contributed by atoms with Crippen LogP contribution in [0.25, 0.3) is 10.2 Å². The lowest BCUT2D eigenvalue weighted by atomic mass is 10.1. The summed E-state index contributed by atoms with van der Waals surface area (Å²) < 4.78 is 38.5. The fraction of sp³-hybridized carbons (Fsp3) is 0.462. The van der Waals surface area contributed by atoms with E-state index in [0.717, 1.165) is 32.0 Å². The summed E-state index contributed by atoms with van der Waals surface area (Å²) in [5.41, 5.74) is -0.0125. The van der Waals surface area contributed by atoms with Crippen LogP contribution < -0.4 is 10.6 Å². The number of hydrogen-bond acceptors (Lipinski definition) is 4. The molecule has 21 heavy (non-hydrogen) atoms. The smallest absolute Gasteiger partial charge is 0.359 e. The van der Waals surface area contributed by atoms with Gasteiger partial charge in [0.25, 0.3) is 0 Å². The number of nitrogens with one attached hydrogen (secondary N) is 2. The summed E-state index contributed by atoms with van der Waals surface area (Å²) in [5.74, 6) is 0. The molecular formula is C13H15ClF3N3S. The first-order valence-corrected chi connectivity index (χ1v) is 7.29. The molecule has 3 nitrogen and oxygen atoms in total. The highest BCUT2D eigenvalue weighted by Crippen LogP contribution is 2.34. The van der Waals surface area contributed by atoms with Crippen LogP contribution in [0.15, 0.2) is 18.2 Å². The summed E-state index contributed by atoms with van der Waals surface area (Å²) in [6.45, 7) is 1.92. The summed E-state index contributed by atoms with van der Waals surface area (Å²) in [4.78, 5) is 4.35. The molecule has 1 aliphatic rings. The van der Waals surface area contributed by atoms with Gasteiger partial charge in [0.15, 0.2) is 5.13 Å². The molecule has 0 atom stereocenters. The van der Waals surface area contributed by atoms with Crippen LogP contribution in [-0.2, 0) is 6.18 Å². The van der Waals surface area contributed by atoms with E-state index < -0.39 is 11.7 Å². The Morgan fingerprint density at radius 3 is 2.62 bits per heavy atom. The van der Waals surface area contributed by atoms with Crippen molar-refractivity contribution in [1.82, 2.24) is 10.3 Å². The molecule has 2 aromatic rings. The van der Waals surface area contributed by atoms with Crippen molar-refractivity contribution in [2.24, 2.45) is 0 Å². The van der Waals surface area contributed by atoms with E-state index in [1.165, 1.54) is 23.5 Å². The minimum Gasteiger partial charge on any atom is -0.359 e. The van der Waals surface area contributed by atoms with Gasteiger partial charge in [0.2, 0.25) is 0 Å². The number of anilines is 1. The maximum Gasteiger partial charge on any atom is 0.416 e. The quantitative estimate of drug-likeness (QED) is 0.872. The van der Waals surface area contributed by atoms with Crippen LogP contribution in [0, 0.1) is 0 Å². The van der Waals surface area contributed by atoms with E-state index in [2.05, 4.69) is 15.6 Å². The van der Waals surface area contributed by atoms with E-state index in [4.69, 9.17) is 0 Å². The Kier molecular flexibility index (Phi) is 4.95. The van der Waals surface area contributed by atoms with E-state index in [1.54, 1.807) is 0 Å². The van der Waals surface area contributed by atoms with Crippen molar-refractivity contribution in [2.75, 3.05) is 18.4 Å². The summed E-state index contributed by atoms with van der Waals surface area (Å²) in [6, 6.07) is 4.03. The highest BCUT2D eigenvalue weighted by Gasteiger charge is 2.30. The maximum atomic E-state index is 12.7. The molecule has 0 spiro atoms. The van der Waals surface area contributed by atoms with Gasteiger partial charge in [-0.1, -0.05) is 11.3 Å². The standard InChI is InChI=1S/C13H14F3N3S.ClH/c14-13(15,16)8-1-2-10-11(7-8)20-12(19-10)18-9-3-5-17-6-4-9;/h1-2,7,9,17H,3-6H2,(H,18,19);1H. The Balaban J connectivity index is 0.00000161. The van der Waals surface area contributed by atoms with Crippen molar-refractivity contribution >= 4 is 39.1 Å². The van der Waals surface area contributed by atoms with Crippen LogP contribution in [0.5, 0.6) is 0 Å². The molecule has 0 unspecified atom stereocenters. The van der Waals surface area contributed by atoms with E-state index >= 15 is 0 Å². The van der Waals surface area contributed by atoms with Gasteiger partial charge < -0.3 is 10.6 Å². The molecule has 0 bridgehead atoms. The molecule has 2 heterocycles. The van der Waals surface area contributed by atoms with Gasteiger partial charge in [0, 0.05) is 6.04 Å². The summed E-state index contributed by atoms with van der Waals surface area (Å²) in [5, 5.41) is 7.28. The van der Waals surface area contributed by atoms with Crippen molar-refractivity contribution < 1.29 is 13.2 Å². The number of benzene rings is 1. The van der Waals surface area contributed by atoms with E-state index in [-0.39, 0.29) is 12.4 Å². The minimum atomic E-state index is -4.30. The molecule has 3 rings (SSSR count). The first kappa shape index (κ1) is 16.3. The van der Waals surface area contributed by atoms with Crippen LogP contribution in [0.2, 0.25) is 0 Å². The lowest BCUT2D eigenvalue weighted by molar-refractivity contribution is -0.137. The third-order valence-corrected chi connectivity index (χ3v) is 4.33. The first-order chi connectivity index (χ1) is 9.52. The Morgan fingerprint density at radius 1 is 1.24 bits per heavy atom. The molecule has 0 saturated carbocycles.